The number of primary amides is 1. The number of amides is 2. The first kappa shape index (κ1) is 29.6. The van der Waals surface area contributed by atoms with E-state index in [1.165, 1.54) is 0 Å². The molecule has 2 unspecified atom stereocenters. The second-order valence-corrected chi connectivity index (χ2v) is 8.22. The molecular weight excluding hydrogens is 450 g/mol. The molecule has 2 aromatic rings. The number of carbonyl (C=O) groups is 3. The molecule has 2 rings (SSSR count). The molecule has 0 saturated carbocycles. The minimum atomic E-state index is -1.52. The number of benzene rings is 2. The van der Waals surface area contributed by atoms with Crippen LogP contribution in [0.1, 0.15) is 50.7 Å². The number of alkyl carbamates (subject to hydrolysis) is 1. The van der Waals surface area contributed by atoms with Gasteiger partial charge in [-0.3, -0.25) is 4.79 Å². The Kier molecular flexibility index (Phi) is 13.1. The van der Waals surface area contributed by atoms with E-state index in [2.05, 4.69) is 5.32 Å². The fraction of sp³-hybridized carbons (Fsp3) is 0.423. The third-order valence-electron chi connectivity index (χ3n) is 5.36. The van der Waals surface area contributed by atoms with Crippen molar-refractivity contribution < 1.29 is 29.3 Å². The van der Waals surface area contributed by atoms with Crippen LogP contribution in [0.25, 0.3) is 0 Å². The molecule has 2 aromatic carbocycles. The second-order valence-electron chi connectivity index (χ2n) is 8.22. The van der Waals surface area contributed by atoms with Crippen molar-refractivity contribution in [3.8, 4) is 0 Å². The standard InChI is InChI=1S/C17H17NO4.C9H20N2O2/c19-16(20)15(11-13-7-3-1-4-8-13)18-17(21)22-12-14-9-5-2-6-10-14;1-3-5-7(10)9(13,6-4-2)8(11)12/h1-10,15H,11-12H2,(H,18,21)(H,19,20);7,13H,3-6,10H2,1-2H3,(H2,11,12)/t15-;/m0./s1. The summed E-state index contributed by atoms with van der Waals surface area (Å²) >= 11 is 0. The highest BCUT2D eigenvalue weighted by atomic mass is 16.5. The van der Waals surface area contributed by atoms with Crippen molar-refractivity contribution in [2.45, 2.75) is 70.2 Å². The van der Waals surface area contributed by atoms with E-state index in [0.29, 0.717) is 19.3 Å². The molecule has 0 radical (unpaired) electrons. The summed E-state index contributed by atoms with van der Waals surface area (Å²) in [5.74, 6) is -1.81. The van der Waals surface area contributed by atoms with Gasteiger partial charge in [-0.2, -0.15) is 0 Å². The minimum Gasteiger partial charge on any atom is -0.480 e. The van der Waals surface area contributed by atoms with Gasteiger partial charge in [0.15, 0.2) is 5.60 Å². The fourth-order valence-electron chi connectivity index (χ4n) is 3.38. The number of ether oxygens (including phenoxy) is 1. The number of hydrogen-bond acceptors (Lipinski definition) is 6. The molecule has 7 N–H and O–H groups in total. The van der Waals surface area contributed by atoms with E-state index in [0.717, 1.165) is 17.5 Å². The topological polar surface area (TPSA) is 165 Å². The molecule has 2 amide bonds. The van der Waals surface area contributed by atoms with Gasteiger partial charge >= 0.3 is 12.1 Å². The SMILES string of the molecule is CCCC(N)C(O)(CCC)C(N)=O.O=C(N[C@@H](Cc1ccccc1)C(=O)O)OCc1ccccc1. The summed E-state index contributed by atoms with van der Waals surface area (Å²) in [6.07, 6.45) is 1.93. The molecule has 3 atom stereocenters. The van der Waals surface area contributed by atoms with Gasteiger partial charge in [0.05, 0.1) is 0 Å². The summed E-state index contributed by atoms with van der Waals surface area (Å²) in [4.78, 5) is 34.0. The predicted octanol–water partition coefficient (Wildman–Crippen LogP) is 2.74. The molecular formula is C26H37N3O6. The van der Waals surface area contributed by atoms with Crippen molar-refractivity contribution in [1.82, 2.24) is 5.32 Å². The van der Waals surface area contributed by atoms with Crippen molar-refractivity contribution >= 4 is 18.0 Å². The van der Waals surface area contributed by atoms with Crippen LogP contribution in [-0.4, -0.2) is 45.9 Å². The quantitative estimate of drug-likeness (QED) is 0.307. The third kappa shape index (κ3) is 10.6. The number of carboxylic acids is 1. The first-order valence-corrected chi connectivity index (χ1v) is 11.7. The summed E-state index contributed by atoms with van der Waals surface area (Å²) in [5.41, 5.74) is 11.0. The van der Waals surface area contributed by atoms with Gasteiger partial charge in [0, 0.05) is 12.5 Å². The molecule has 9 nitrogen and oxygen atoms in total. The Morgan fingerprint density at radius 3 is 1.97 bits per heavy atom. The first-order chi connectivity index (χ1) is 16.6. The Morgan fingerprint density at radius 1 is 0.971 bits per heavy atom. The zero-order valence-corrected chi connectivity index (χ0v) is 20.4. The highest BCUT2D eigenvalue weighted by Crippen LogP contribution is 2.19. The van der Waals surface area contributed by atoms with Gasteiger partial charge in [0.2, 0.25) is 0 Å². The molecule has 0 saturated heterocycles. The van der Waals surface area contributed by atoms with Crippen LogP contribution in [-0.2, 0) is 27.4 Å². The van der Waals surface area contributed by atoms with Crippen molar-refractivity contribution in [3.63, 3.8) is 0 Å². The Morgan fingerprint density at radius 2 is 1.51 bits per heavy atom. The number of aliphatic carboxylic acids is 1. The number of rotatable bonds is 12. The molecule has 0 aliphatic rings. The molecule has 0 heterocycles. The van der Waals surface area contributed by atoms with Gasteiger partial charge in [-0.1, -0.05) is 87.4 Å². The summed E-state index contributed by atoms with van der Waals surface area (Å²) < 4.78 is 5.03. The van der Waals surface area contributed by atoms with Crippen molar-refractivity contribution in [2.24, 2.45) is 11.5 Å². The molecule has 0 spiro atoms. The number of aliphatic hydroxyl groups is 1. The highest BCUT2D eigenvalue weighted by Gasteiger charge is 2.38. The van der Waals surface area contributed by atoms with Crippen LogP contribution in [0, 0.1) is 0 Å². The zero-order chi connectivity index (χ0) is 26.3. The van der Waals surface area contributed by atoms with E-state index < -0.39 is 35.7 Å². The molecule has 0 aliphatic carbocycles. The lowest BCUT2D eigenvalue weighted by Crippen LogP contribution is -2.56. The summed E-state index contributed by atoms with van der Waals surface area (Å²) in [6.45, 7) is 3.93. The van der Waals surface area contributed by atoms with Gasteiger partial charge in [0.1, 0.15) is 12.6 Å². The Balaban J connectivity index is 0.000000405. The molecule has 192 valence electrons. The molecule has 0 aromatic heterocycles. The number of hydrogen-bond donors (Lipinski definition) is 5. The fourth-order valence-corrected chi connectivity index (χ4v) is 3.38. The molecule has 9 heteroatoms. The second kappa shape index (κ2) is 15.5. The van der Waals surface area contributed by atoms with E-state index >= 15 is 0 Å². The van der Waals surface area contributed by atoms with Crippen molar-refractivity contribution in [1.29, 1.82) is 0 Å². The van der Waals surface area contributed by atoms with Gasteiger partial charge < -0.3 is 31.7 Å². The molecule has 0 bridgehead atoms. The maximum absolute atomic E-state index is 11.7. The average Bonchev–Trinajstić information content (AvgIpc) is 2.84. The van der Waals surface area contributed by atoms with Crippen LogP contribution in [0.15, 0.2) is 60.7 Å². The average molecular weight is 488 g/mol. The summed E-state index contributed by atoms with van der Waals surface area (Å²) in [7, 11) is 0. The summed E-state index contributed by atoms with van der Waals surface area (Å²) in [6, 6.07) is 16.7. The molecule has 0 aliphatic heterocycles. The van der Waals surface area contributed by atoms with E-state index in [1.54, 1.807) is 0 Å². The van der Waals surface area contributed by atoms with E-state index in [4.69, 9.17) is 16.2 Å². The first-order valence-electron chi connectivity index (χ1n) is 11.7. The number of carbonyl (C=O) groups excluding carboxylic acids is 2. The van der Waals surface area contributed by atoms with Crippen LogP contribution in [0.4, 0.5) is 4.79 Å². The van der Waals surface area contributed by atoms with E-state index in [-0.39, 0.29) is 13.0 Å². The van der Waals surface area contributed by atoms with Gasteiger partial charge in [-0.15, -0.1) is 0 Å². The third-order valence-corrected chi connectivity index (χ3v) is 5.36. The van der Waals surface area contributed by atoms with Crippen LogP contribution >= 0.6 is 0 Å². The van der Waals surface area contributed by atoms with E-state index in [9.17, 15) is 24.6 Å². The van der Waals surface area contributed by atoms with Crippen LogP contribution in [0.3, 0.4) is 0 Å². The number of carboxylic acid groups (broad SMARTS) is 1. The van der Waals surface area contributed by atoms with E-state index in [1.807, 2.05) is 74.5 Å². The van der Waals surface area contributed by atoms with Crippen LogP contribution in [0.5, 0.6) is 0 Å². The smallest absolute Gasteiger partial charge is 0.408 e. The normalized spacial score (nSPS) is 13.8. The van der Waals surface area contributed by atoms with Gasteiger partial charge in [-0.05, 0) is 24.0 Å². The van der Waals surface area contributed by atoms with Crippen LogP contribution in [0.2, 0.25) is 0 Å². The Hall–Kier alpha value is -3.43. The lowest BCUT2D eigenvalue weighted by molar-refractivity contribution is -0.140. The number of nitrogens with one attached hydrogen (secondary N) is 1. The highest BCUT2D eigenvalue weighted by molar-refractivity contribution is 5.84. The minimum absolute atomic E-state index is 0.102. The Bertz CT molecular complexity index is 910. The maximum Gasteiger partial charge on any atom is 0.408 e. The zero-order valence-electron chi connectivity index (χ0n) is 20.4. The van der Waals surface area contributed by atoms with Crippen molar-refractivity contribution in [3.05, 3.63) is 71.8 Å². The molecule has 0 fully saturated rings. The largest absolute Gasteiger partial charge is 0.480 e. The lowest BCUT2D eigenvalue weighted by atomic mass is 9.86. The maximum atomic E-state index is 11.7. The Labute approximate surface area is 206 Å². The monoisotopic (exact) mass is 487 g/mol. The molecule has 35 heavy (non-hydrogen) atoms. The van der Waals surface area contributed by atoms with Crippen molar-refractivity contribution in [2.75, 3.05) is 0 Å². The number of nitrogens with two attached hydrogens (primary N) is 2. The van der Waals surface area contributed by atoms with Gasteiger partial charge in [-0.25, -0.2) is 9.59 Å². The van der Waals surface area contributed by atoms with Crippen LogP contribution < -0.4 is 16.8 Å². The van der Waals surface area contributed by atoms with Gasteiger partial charge in [0.25, 0.3) is 5.91 Å². The summed E-state index contributed by atoms with van der Waals surface area (Å²) in [5, 5.41) is 21.5. The predicted molar refractivity (Wildman–Crippen MR) is 133 cm³/mol. The lowest BCUT2D eigenvalue weighted by Gasteiger charge is -2.30.